The van der Waals surface area contributed by atoms with Crippen LogP contribution in [0.1, 0.15) is 46.1 Å². The maximum absolute atomic E-state index is 13.2. The number of sulfonamides is 1. The number of piperidine rings is 1. The van der Waals surface area contributed by atoms with Gasteiger partial charge in [0.15, 0.2) is 5.82 Å². The normalized spacial score (nSPS) is 16.0. The second-order valence-corrected chi connectivity index (χ2v) is 11.6. The Kier molecular flexibility index (Phi) is 5.98. The van der Waals surface area contributed by atoms with E-state index in [0.717, 1.165) is 48.2 Å². The molecule has 0 bridgehead atoms. The molecule has 4 rings (SSSR count). The highest BCUT2D eigenvalue weighted by Crippen LogP contribution is 2.33. The first-order valence-electron chi connectivity index (χ1n) is 11.2. The Balaban J connectivity index is 1.89. The van der Waals surface area contributed by atoms with Crippen LogP contribution in [0.3, 0.4) is 0 Å². The molecule has 1 saturated heterocycles. The van der Waals surface area contributed by atoms with Crippen molar-refractivity contribution in [3.05, 3.63) is 48.0 Å². The van der Waals surface area contributed by atoms with E-state index in [2.05, 4.69) is 28.7 Å². The maximum Gasteiger partial charge on any atom is 0.241 e. The van der Waals surface area contributed by atoms with Gasteiger partial charge in [-0.2, -0.15) is 0 Å². The molecule has 0 radical (unpaired) electrons. The summed E-state index contributed by atoms with van der Waals surface area (Å²) in [6.07, 6.45) is 2.24. The molecule has 3 aromatic rings. The van der Waals surface area contributed by atoms with E-state index in [0.29, 0.717) is 17.3 Å². The summed E-state index contributed by atoms with van der Waals surface area (Å²) in [5, 5.41) is 1.00. The topological polar surface area (TPSA) is 75.2 Å². The number of aromatic nitrogens is 2. The van der Waals surface area contributed by atoms with Crippen LogP contribution in [0.25, 0.3) is 22.3 Å². The largest absolute Gasteiger partial charge is 0.356 e. The molecule has 1 fully saturated rings. The van der Waals surface area contributed by atoms with Crippen LogP contribution in [0.5, 0.6) is 0 Å². The predicted molar refractivity (Wildman–Crippen MR) is 130 cm³/mol. The van der Waals surface area contributed by atoms with Gasteiger partial charge >= 0.3 is 0 Å². The van der Waals surface area contributed by atoms with Gasteiger partial charge in [-0.1, -0.05) is 25.1 Å². The predicted octanol–water partition coefficient (Wildman–Crippen LogP) is 4.92. The number of rotatable bonds is 4. The highest BCUT2D eigenvalue weighted by Gasteiger charge is 2.27. The summed E-state index contributed by atoms with van der Waals surface area (Å²) < 4.78 is 29.2. The molecule has 1 aliphatic rings. The summed E-state index contributed by atoms with van der Waals surface area (Å²) >= 11 is 0. The van der Waals surface area contributed by atoms with Gasteiger partial charge in [0.1, 0.15) is 5.82 Å². The summed E-state index contributed by atoms with van der Waals surface area (Å²) in [5.41, 5.74) is 1.86. The number of anilines is 1. The summed E-state index contributed by atoms with van der Waals surface area (Å²) in [5.74, 6) is 2.02. The van der Waals surface area contributed by atoms with Gasteiger partial charge in [0, 0.05) is 29.6 Å². The Hall–Kier alpha value is -2.51. The maximum atomic E-state index is 13.2. The van der Waals surface area contributed by atoms with Crippen LogP contribution in [0, 0.1) is 12.8 Å². The quantitative estimate of drug-likeness (QED) is 0.608. The Morgan fingerprint density at radius 1 is 1.03 bits per heavy atom. The molecule has 0 saturated carbocycles. The van der Waals surface area contributed by atoms with Crippen molar-refractivity contribution >= 4 is 26.7 Å². The lowest BCUT2D eigenvalue weighted by atomic mass is 9.99. The summed E-state index contributed by atoms with van der Waals surface area (Å²) in [6, 6.07) is 13.2. The van der Waals surface area contributed by atoms with Crippen LogP contribution in [-0.2, 0) is 10.0 Å². The molecule has 6 nitrogen and oxygen atoms in total. The van der Waals surface area contributed by atoms with Crippen molar-refractivity contribution in [1.29, 1.82) is 0 Å². The van der Waals surface area contributed by atoms with Crippen LogP contribution in [0.2, 0.25) is 0 Å². The van der Waals surface area contributed by atoms with E-state index in [1.54, 1.807) is 18.2 Å². The van der Waals surface area contributed by atoms with Crippen molar-refractivity contribution in [1.82, 2.24) is 14.7 Å². The molecule has 0 spiro atoms. The molecule has 2 heterocycles. The first kappa shape index (κ1) is 22.7. The molecule has 7 heteroatoms. The van der Waals surface area contributed by atoms with Crippen molar-refractivity contribution in [2.45, 2.75) is 57.9 Å². The van der Waals surface area contributed by atoms with Gasteiger partial charge in [0.05, 0.1) is 10.4 Å². The van der Waals surface area contributed by atoms with Crippen molar-refractivity contribution in [3.8, 4) is 11.4 Å². The van der Waals surface area contributed by atoms with Gasteiger partial charge in [-0.15, -0.1) is 0 Å². The number of benzene rings is 2. The molecule has 0 aliphatic carbocycles. The second-order valence-electron chi connectivity index (χ2n) is 9.91. The number of hydrogen-bond donors (Lipinski definition) is 1. The lowest BCUT2D eigenvalue weighted by Gasteiger charge is -2.32. The number of hydrogen-bond acceptors (Lipinski definition) is 5. The summed E-state index contributed by atoms with van der Waals surface area (Å²) in [7, 11) is -3.75. The highest BCUT2D eigenvalue weighted by atomic mass is 32.2. The minimum Gasteiger partial charge on any atom is -0.356 e. The smallest absolute Gasteiger partial charge is 0.241 e. The van der Waals surface area contributed by atoms with Gasteiger partial charge in [-0.3, -0.25) is 0 Å². The number of aryl methyl sites for hydroxylation is 1. The number of nitrogens with zero attached hydrogens (tertiary/aromatic N) is 3. The zero-order valence-corrected chi connectivity index (χ0v) is 20.3. The van der Waals surface area contributed by atoms with E-state index in [9.17, 15) is 8.42 Å². The third-order valence-corrected chi connectivity index (χ3v) is 7.59. The van der Waals surface area contributed by atoms with Crippen LogP contribution < -0.4 is 9.62 Å². The lowest BCUT2D eigenvalue weighted by molar-refractivity contribution is 0.437. The van der Waals surface area contributed by atoms with E-state index in [4.69, 9.17) is 9.97 Å². The zero-order valence-electron chi connectivity index (χ0n) is 19.5. The van der Waals surface area contributed by atoms with Crippen molar-refractivity contribution in [3.63, 3.8) is 0 Å². The second kappa shape index (κ2) is 8.45. The van der Waals surface area contributed by atoms with Gasteiger partial charge in [-0.25, -0.2) is 23.1 Å². The highest BCUT2D eigenvalue weighted by molar-refractivity contribution is 7.89. The molecule has 170 valence electrons. The molecular weight excluding hydrogens is 420 g/mol. The van der Waals surface area contributed by atoms with Crippen molar-refractivity contribution in [2.75, 3.05) is 18.0 Å². The van der Waals surface area contributed by atoms with Crippen LogP contribution in [0.4, 0.5) is 5.82 Å². The fourth-order valence-electron chi connectivity index (χ4n) is 4.15. The minimum absolute atomic E-state index is 0.195. The molecule has 32 heavy (non-hydrogen) atoms. The molecule has 2 aromatic carbocycles. The lowest BCUT2D eigenvalue weighted by Crippen LogP contribution is -2.40. The first-order valence-corrected chi connectivity index (χ1v) is 12.7. The zero-order chi connectivity index (χ0) is 23.1. The average Bonchev–Trinajstić information content (AvgIpc) is 2.71. The molecule has 1 N–H and O–H groups in total. The molecule has 0 unspecified atom stereocenters. The molecule has 0 amide bonds. The van der Waals surface area contributed by atoms with E-state index >= 15 is 0 Å². The molecular formula is C25H32N4O2S. The van der Waals surface area contributed by atoms with E-state index in [1.165, 1.54) is 0 Å². The third kappa shape index (κ3) is 4.79. The monoisotopic (exact) mass is 452 g/mol. The van der Waals surface area contributed by atoms with E-state index in [-0.39, 0.29) is 4.90 Å². The Morgan fingerprint density at radius 2 is 1.72 bits per heavy atom. The fourth-order valence-corrected chi connectivity index (χ4v) is 5.77. The van der Waals surface area contributed by atoms with Crippen molar-refractivity contribution in [2.24, 2.45) is 5.92 Å². The van der Waals surface area contributed by atoms with E-state index < -0.39 is 15.6 Å². The van der Waals surface area contributed by atoms with E-state index in [1.807, 2.05) is 39.8 Å². The summed E-state index contributed by atoms with van der Waals surface area (Å²) in [6.45, 7) is 11.7. The van der Waals surface area contributed by atoms with Crippen LogP contribution in [-0.4, -0.2) is 37.0 Å². The average molecular weight is 453 g/mol. The SMILES string of the molecule is Cc1ccc2c(N3CCC(C)CC3)nc(-c3ccccc3S(=O)(=O)NC(C)(C)C)nc2c1. The number of nitrogens with one attached hydrogen (secondary N) is 1. The van der Waals surface area contributed by atoms with Crippen LogP contribution in [0.15, 0.2) is 47.4 Å². The van der Waals surface area contributed by atoms with Crippen LogP contribution >= 0.6 is 0 Å². The molecule has 1 aromatic heterocycles. The van der Waals surface area contributed by atoms with Gasteiger partial charge in [0.25, 0.3) is 0 Å². The summed E-state index contributed by atoms with van der Waals surface area (Å²) in [4.78, 5) is 12.3. The molecule has 1 aliphatic heterocycles. The standard InChI is InChI=1S/C25H32N4O2S/c1-17-12-14-29(15-13-17)24-19-11-10-18(2)16-21(19)26-23(27-24)20-8-6-7-9-22(20)32(30,31)28-25(3,4)5/h6-11,16-17,28H,12-15H2,1-5H3. The Bertz CT molecular complexity index is 1240. The van der Waals surface area contributed by atoms with Gasteiger partial charge < -0.3 is 4.90 Å². The van der Waals surface area contributed by atoms with Gasteiger partial charge in [0.2, 0.25) is 10.0 Å². The Morgan fingerprint density at radius 3 is 2.41 bits per heavy atom. The minimum atomic E-state index is -3.75. The number of fused-ring (bicyclic) bond motifs is 1. The van der Waals surface area contributed by atoms with Crippen molar-refractivity contribution < 1.29 is 8.42 Å². The first-order chi connectivity index (χ1) is 15.0. The molecule has 0 atom stereocenters. The Labute approximate surface area is 191 Å². The fraction of sp³-hybridized carbons (Fsp3) is 0.440. The van der Waals surface area contributed by atoms with Gasteiger partial charge in [-0.05, 0) is 76.3 Å². The third-order valence-electron chi connectivity index (χ3n) is 5.77.